The molecule has 46 heavy (non-hydrogen) atoms. The molecule has 0 radical (unpaired) electrons. The van der Waals surface area contributed by atoms with E-state index >= 15 is 0 Å². The Balaban J connectivity index is 0.000000127. The van der Waals surface area contributed by atoms with E-state index < -0.39 is 0 Å². The van der Waals surface area contributed by atoms with E-state index in [0.717, 1.165) is 76.9 Å². The number of H-pyrrole nitrogens is 2. The first-order valence-electron chi connectivity index (χ1n) is 17.2. The Kier molecular flexibility index (Phi) is 7.48. The number of hydrogen-bond acceptors (Lipinski definition) is 8. The highest BCUT2D eigenvalue weighted by Gasteiger charge is 2.43. The van der Waals surface area contributed by atoms with Crippen LogP contribution in [-0.4, -0.2) is 122 Å². The molecule has 2 N–H and O–H groups in total. The number of aromatic nitrogens is 2. The molecule has 0 aliphatic carbocycles. The molecule has 0 bridgehead atoms. The van der Waals surface area contributed by atoms with E-state index in [4.69, 9.17) is 18.9 Å². The highest BCUT2D eigenvalue weighted by atomic mass is 16.5. The van der Waals surface area contributed by atoms with Gasteiger partial charge in [0.1, 0.15) is 11.5 Å². The summed E-state index contributed by atoms with van der Waals surface area (Å²) < 4.78 is 22.3. The highest BCUT2D eigenvalue weighted by Crippen LogP contribution is 2.43. The average molecular weight is 627 g/mol. The predicted molar refractivity (Wildman–Crippen MR) is 178 cm³/mol. The van der Waals surface area contributed by atoms with Gasteiger partial charge in [0, 0.05) is 84.6 Å². The van der Waals surface area contributed by atoms with Crippen LogP contribution in [0.2, 0.25) is 0 Å². The van der Waals surface area contributed by atoms with Crippen LogP contribution in [0.4, 0.5) is 0 Å². The molecule has 2 aromatic carbocycles. The maximum absolute atomic E-state index is 5.76. The lowest BCUT2D eigenvalue weighted by atomic mass is 9.92. The summed E-state index contributed by atoms with van der Waals surface area (Å²) in [7, 11) is 3.45. The molecule has 244 valence electrons. The lowest BCUT2D eigenvalue weighted by Gasteiger charge is -2.51. The lowest BCUT2D eigenvalue weighted by molar-refractivity contribution is -0.120. The second-order valence-corrected chi connectivity index (χ2v) is 13.6. The SMILES string of the molecule is COc1ccc2c3c([nH]c2c1)[C@@H]1CCN2CCOC[C@@H]2N1CC3.COc1ccc2c3c([nH]c2c1)[C@H]1CCN2CCOC[C@H]2N1CC3. The molecule has 4 aromatic rings. The zero-order chi connectivity index (χ0) is 30.8. The van der Waals surface area contributed by atoms with E-state index in [1.807, 2.05) is 0 Å². The van der Waals surface area contributed by atoms with Gasteiger partial charge in [-0.05, 0) is 61.1 Å². The largest absolute Gasteiger partial charge is 0.497 e. The van der Waals surface area contributed by atoms with E-state index in [2.05, 4.69) is 66.0 Å². The third kappa shape index (κ3) is 4.76. The summed E-state index contributed by atoms with van der Waals surface area (Å²) in [4.78, 5) is 17.9. The number of morpholine rings is 2. The number of nitrogens with one attached hydrogen (secondary N) is 2. The standard InChI is InChI=1S/2C18H23N3O2/c2*1-22-12-2-3-13-14-4-7-21-16(18(14)19-15(13)10-12)5-6-20-8-9-23-11-17(20)21/h2*2-3,10,16-17,19H,4-9,11H2,1H3/t2*16-,17-/m10/s1. The average Bonchev–Trinajstić information content (AvgIpc) is 3.69. The number of ether oxygens (including phenoxy) is 4. The maximum Gasteiger partial charge on any atom is 0.120 e. The molecule has 2 aromatic heterocycles. The van der Waals surface area contributed by atoms with Crippen molar-refractivity contribution in [1.29, 1.82) is 0 Å². The maximum atomic E-state index is 5.76. The molecule has 8 heterocycles. The molecular weight excluding hydrogens is 580 g/mol. The van der Waals surface area contributed by atoms with Gasteiger partial charge in [-0.3, -0.25) is 19.6 Å². The Morgan fingerprint density at radius 1 is 0.630 bits per heavy atom. The van der Waals surface area contributed by atoms with E-state index in [0.29, 0.717) is 24.4 Å². The number of methoxy groups -OCH3 is 2. The monoisotopic (exact) mass is 626 g/mol. The summed E-state index contributed by atoms with van der Waals surface area (Å²) in [6.45, 7) is 10.2. The topological polar surface area (TPSA) is 81.5 Å². The van der Waals surface area contributed by atoms with Crippen LogP contribution >= 0.6 is 0 Å². The Hall–Kier alpha value is -3.12. The Bertz CT molecular complexity index is 1610. The van der Waals surface area contributed by atoms with Gasteiger partial charge in [0.05, 0.1) is 65.1 Å². The number of benzene rings is 2. The fourth-order valence-corrected chi connectivity index (χ4v) is 9.29. The molecule has 10 heteroatoms. The molecule has 0 saturated carbocycles. The van der Waals surface area contributed by atoms with Crippen molar-refractivity contribution in [3.8, 4) is 11.5 Å². The van der Waals surface area contributed by atoms with Crippen LogP contribution in [0.1, 0.15) is 47.4 Å². The first-order valence-corrected chi connectivity index (χ1v) is 17.2. The van der Waals surface area contributed by atoms with Crippen LogP contribution in [0.3, 0.4) is 0 Å². The number of fused-ring (bicyclic) bond motifs is 14. The van der Waals surface area contributed by atoms with Crippen molar-refractivity contribution in [2.24, 2.45) is 0 Å². The second-order valence-electron chi connectivity index (χ2n) is 13.6. The van der Waals surface area contributed by atoms with Crippen LogP contribution in [0.5, 0.6) is 11.5 Å². The molecule has 4 saturated heterocycles. The van der Waals surface area contributed by atoms with E-state index in [1.54, 1.807) is 14.2 Å². The smallest absolute Gasteiger partial charge is 0.120 e. The van der Waals surface area contributed by atoms with Crippen LogP contribution in [-0.2, 0) is 22.3 Å². The minimum Gasteiger partial charge on any atom is -0.497 e. The first-order chi connectivity index (χ1) is 22.7. The van der Waals surface area contributed by atoms with Gasteiger partial charge < -0.3 is 28.9 Å². The van der Waals surface area contributed by atoms with E-state index in [-0.39, 0.29) is 0 Å². The quantitative estimate of drug-likeness (QED) is 0.342. The number of nitrogens with zero attached hydrogens (tertiary/aromatic N) is 4. The predicted octanol–water partition coefficient (Wildman–Crippen LogP) is 4.28. The van der Waals surface area contributed by atoms with Crippen molar-refractivity contribution in [2.45, 2.75) is 50.1 Å². The summed E-state index contributed by atoms with van der Waals surface area (Å²) in [5.41, 5.74) is 8.27. The van der Waals surface area contributed by atoms with Crippen LogP contribution in [0.15, 0.2) is 36.4 Å². The van der Waals surface area contributed by atoms with E-state index in [1.165, 1.54) is 70.3 Å². The fourth-order valence-electron chi connectivity index (χ4n) is 9.29. The van der Waals surface area contributed by atoms with Crippen LogP contribution < -0.4 is 9.47 Å². The van der Waals surface area contributed by atoms with Gasteiger partial charge in [-0.15, -0.1) is 0 Å². The van der Waals surface area contributed by atoms with Crippen LogP contribution in [0.25, 0.3) is 21.8 Å². The van der Waals surface area contributed by atoms with Crippen molar-refractivity contribution >= 4 is 21.8 Å². The highest BCUT2D eigenvalue weighted by molar-refractivity contribution is 5.87. The van der Waals surface area contributed by atoms with Gasteiger partial charge in [-0.1, -0.05) is 0 Å². The third-order valence-corrected chi connectivity index (χ3v) is 11.6. The van der Waals surface area contributed by atoms with Crippen molar-refractivity contribution in [3.63, 3.8) is 0 Å². The molecule has 0 spiro atoms. The number of rotatable bonds is 2. The third-order valence-electron chi connectivity index (χ3n) is 11.6. The van der Waals surface area contributed by atoms with E-state index in [9.17, 15) is 0 Å². The zero-order valence-electron chi connectivity index (χ0n) is 27.1. The summed E-state index contributed by atoms with van der Waals surface area (Å²) in [6, 6.07) is 13.8. The summed E-state index contributed by atoms with van der Waals surface area (Å²) in [6.07, 6.45) is 5.54. The van der Waals surface area contributed by atoms with Gasteiger partial charge in [-0.2, -0.15) is 0 Å². The molecule has 10 nitrogen and oxygen atoms in total. The summed E-state index contributed by atoms with van der Waals surface area (Å²) in [5.74, 6) is 1.84. The van der Waals surface area contributed by atoms with Gasteiger partial charge in [0.25, 0.3) is 0 Å². The van der Waals surface area contributed by atoms with Crippen molar-refractivity contribution in [1.82, 2.24) is 29.6 Å². The van der Waals surface area contributed by atoms with Crippen molar-refractivity contribution in [2.75, 3.05) is 79.9 Å². The lowest BCUT2D eigenvalue weighted by Crippen LogP contribution is -2.61. The normalized spacial score (nSPS) is 28.2. The Labute approximate surface area is 270 Å². The van der Waals surface area contributed by atoms with Gasteiger partial charge >= 0.3 is 0 Å². The molecule has 6 aliphatic heterocycles. The molecule has 4 atom stereocenters. The summed E-state index contributed by atoms with van der Waals surface area (Å²) >= 11 is 0. The van der Waals surface area contributed by atoms with Gasteiger partial charge in [-0.25, -0.2) is 0 Å². The van der Waals surface area contributed by atoms with Crippen molar-refractivity contribution in [3.05, 3.63) is 58.9 Å². The number of aromatic amines is 2. The second kappa shape index (κ2) is 11.8. The first kappa shape index (κ1) is 29.1. The Morgan fingerprint density at radius 3 is 1.57 bits per heavy atom. The molecule has 0 unspecified atom stereocenters. The Morgan fingerprint density at radius 2 is 1.11 bits per heavy atom. The number of hydrogen-bond donors (Lipinski definition) is 2. The molecule has 10 rings (SSSR count). The molecule has 6 aliphatic rings. The van der Waals surface area contributed by atoms with Gasteiger partial charge in [0.15, 0.2) is 0 Å². The van der Waals surface area contributed by atoms with Gasteiger partial charge in [0.2, 0.25) is 0 Å². The fraction of sp³-hybridized carbons (Fsp3) is 0.556. The minimum atomic E-state index is 0.455. The van der Waals surface area contributed by atoms with Crippen molar-refractivity contribution < 1.29 is 18.9 Å². The summed E-state index contributed by atoms with van der Waals surface area (Å²) in [5, 5.41) is 2.73. The minimum absolute atomic E-state index is 0.455. The molecule has 4 fully saturated rings. The zero-order valence-corrected chi connectivity index (χ0v) is 27.1. The molecule has 0 amide bonds. The molecular formula is C36H46N6O4. The van der Waals surface area contributed by atoms with Crippen LogP contribution in [0, 0.1) is 0 Å².